The molecule has 0 aliphatic carbocycles. The van der Waals surface area contributed by atoms with Gasteiger partial charge < -0.3 is 5.32 Å². The van der Waals surface area contributed by atoms with Gasteiger partial charge in [-0.3, -0.25) is 0 Å². The number of hydrogen-bond donors (Lipinski definition) is 1. The topological polar surface area (TPSA) is 46.2 Å². The quantitative estimate of drug-likeness (QED) is 0.762. The summed E-state index contributed by atoms with van der Waals surface area (Å²) in [5.41, 5.74) is 2.00. The molecule has 0 amide bonds. The lowest BCUT2D eigenvalue weighted by molar-refractivity contribution is 0.506. The van der Waals surface area contributed by atoms with Crippen LogP contribution in [0, 0.1) is 6.92 Å². The SMILES string of the molecule is CCCNC(C)CCCS(=O)(=O)Cc1cccc(C)c1. The molecule has 0 aromatic heterocycles. The van der Waals surface area contributed by atoms with Crippen molar-refractivity contribution in [1.82, 2.24) is 5.32 Å². The number of rotatable bonds is 9. The normalized spacial score (nSPS) is 13.3. The summed E-state index contributed by atoms with van der Waals surface area (Å²) in [6, 6.07) is 8.12. The molecule has 0 bridgehead atoms. The van der Waals surface area contributed by atoms with Crippen LogP contribution in [0.25, 0.3) is 0 Å². The monoisotopic (exact) mass is 297 g/mol. The zero-order chi connectivity index (χ0) is 15.0. The Morgan fingerprint density at radius 2 is 2.05 bits per heavy atom. The van der Waals surface area contributed by atoms with Crippen LogP contribution in [0.2, 0.25) is 0 Å². The number of nitrogens with one attached hydrogen (secondary N) is 1. The molecule has 0 saturated carbocycles. The van der Waals surface area contributed by atoms with Crippen LogP contribution in [0.4, 0.5) is 0 Å². The Kier molecular flexibility index (Phi) is 7.24. The third-order valence-electron chi connectivity index (χ3n) is 3.30. The second-order valence-electron chi connectivity index (χ2n) is 5.58. The van der Waals surface area contributed by atoms with Crippen molar-refractivity contribution in [2.45, 2.75) is 51.8 Å². The van der Waals surface area contributed by atoms with Crippen molar-refractivity contribution in [3.05, 3.63) is 35.4 Å². The van der Waals surface area contributed by atoms with E-state index in [0.717, 1.165) is 36.9 Å². The summed E-state index contributed by atoms with van der Waals surface area (Å²) >= 11 is 0. The van der Waals surface area contributed by atoms with E-state index in [4.69, 9.17) is 0 Å². The maximum Gasteiger partial charge on any atom is 0.154 e. The van der Waals surface area contributed by atoms with Gasteiger partial charge in [0.2, 0.25) is 0 Å². The zero-order valence-electron chi connectivity index (χ0n) is 12.9. The summed E-state index contributed by atoms with van der Waals surface area (Å²) in [5, 5.41) is 3.38. The van der Waals surface area contributed by atoms with E-state index in [9.17, 15) is 8.42 Å². The van der Waals surface area contributed by atoms with Crippen LogP contribution in [0.3, 0.4) is 0 Å². The predicted octanol–water partition coefficient (Wildman–Crippen LogP) is 3.08. The van der Waals surface area contributed by atoms with E-state index >= 15 is 0 Å². The minimum Gasteiger partial charge on any atom is -0.314 e. The van der Waals surface area contributed by atoms with Crippen molar-refractivity contribution in [2.75, 3.05) is 12.3 Å². The summed E-state index contributed by atoms with van der Waals surface area (Å²) in [6.45, 7) is 7.23. The van der Waals surface area contributed by atoms with Gasteiger partial charge in [0, 0.05) is 6.04 Å². The first-order valence-electron chi connectivity index (χ1n) is 7.42. The maximum atomic E-state index is 12.1. The van der Waals surface area contributed by atoms with Crippen molar-refractivity contribution in [2.24, 2.45) is 0 Å². The molecule has 1 unspecified atom stereocenters. The summed E-state index contributed by atoms with van der Waals surface area (Å²) in [5.74, 6) is 0.435. The Morgan fingerprint density at radius 1 is 1.30 bits per heavy atom. The van der Waals surface area contributed by atoms with Gasteiger partial charge in [0.25, 0.3) is 0 Å². The largest absolute Gasteiger partial charge is 0.314 e. The van der Waals surface area contributed by atoms with Crippen molar-refractivity contribution < 1.29 is 8.42 Å². The van der Waals surface area contributed by atoms with E-state index < -0.39 is 9.84 Å². The molecule has 1 atom stereocenters. The van der Waals surface area contributed by atoms with Crippen LogP contribution in [0.5, 0.6) is 0 Å². The fraction of sp³-hybridized carbons (Fsp3) is 0.625. The van der Waals surface area contributed by atoms with Crippen molar-refractivity contribution in [1.29, 1.82) is 0 Å². The molecule has 0 aliphatic rings. The average molecular weight is 297 g/mol. The maximum absolute atomic E-state index is 12.1. The first-order chi connectivity index (χ1) is 9.43. The first-order valence-corrected chi connectivity index (χ1v) is 9.24. The van der Waals surface area contributed by atoms with Gasteiger partial charge >= 0.3 is 0 Å². The summed E-state index contributed by atoms with van der Waals surface area (Å²) in [6.07, 6.45) is 2.75. The highest BCUT2D eigenvalue weighted by atomic mass is 32.2. The smallest absolute Gasteiger partial charge is 0.154 e. The summed E-state index contributed by atoms with van der Waals surface area (Å²) in [7, 11) is -3.00. The summed E-state index contributed by atoms with van der Waals surface area (Å²) < 4.78 is 24.2. The molecule has 4 heteroatoms. The fourth-order valence-corrected chi connectivity index (χ4v) is 3.67. The molecule has 0 aliphatic heterocycles. The lowest BCUT2D eigenvalue weighted by Crippen LogP contribution is -2.27. The molecule has 0 heterocycles. The number of aryl methyl sites for hydroxylation is 1. The van der Waals surface area contributed by atoms with Gasteiger partial charge in [0.05, 0.1) is 11.5 Å². The predicted molar refractivity (Wildman–Crippen MR) is 85.7 cm³/mol. The molecule has 20 heavy (non-hydrogen) atoms. The Morgan fingerprint density at radius 3 is 2.70 bits per heavy atom. The van der Waals surface area contributed by atoms with Crippen molar-refractivity contribution in [3.63, 3.8) is 0 Å². The van der Waals surface area contributed by atoms with E-state index in [-0.39, 0.29) is 11.5 Å². The Bertz CT molecular complexity index is 497. The first kappa shape index (κ1) is 17.2. The number of benzene rings is 1. The van der Waals surface area contributed by atoms with Crippen LogP contribution in [0.15, 0.2) is 24.3 Å². The van der Waals surface area contributed by atoms with E-state index in [0.29, 0.717) is 6.04 Å². The highest BCUT2D eigenvalue weighted by Gasteiger charge is 2.12. The molecular weight excluding hydrogens is 270 g/mol. The third-order valence-corrected chi connectivity index (χ3v) is 4.99. The standard InChI is InChI=1S/C16H27NO2S/c1-4-10-17-15(3)8-6-11-20(18,19)13-16-9-5-7-14(2)12-16/h5,7,9,12,15,17H,4,6,8,10-11,13H2,1-3H3. The van der Waals surface area contributed by atoms with Gasteiger partial charge in [-0.25, -0.2) is 8.42 Å². The van der Waals surface area contributed by atoms with Gasteiger partial charge in [-0.05, 0) is 45.2 Å². The minimum atomic E-state index is -3.00. The average Bonchev–Trinajstić information content (AvgIpc) is 2.35. The van der Waals surface area contributed by atoms with Crippen LogP contribution < -0.4 is 5.32 Å². The van der Waals surface area contributed by atoms with Crippen molar-refractivity contribution in [3.8, 4) is 0 Å². The number of hydrogen-bond acceptors (Lipinski definition) is 3. The van der Waals surface area contributed by atoms with Gasteiger partial charge in [0.15, 0.2) is 9.84 Å². The van der Waals surface area contributed by atoms with Gasteiger partial charge in [-0.1, -0.05) is 36.8 Å². The van der Waals surface area contributed by atoms with Gasteiger partial charge in [-0.15, -0.1) is 0 Å². The minimum absolute atomic E-state index is 0.158. The fourth-order valence-electron chi connectivity index (χ4n) is 2.23. The molecule has 1 N–H and O–H groups in total. The van der Waals surface area contributed by atoms with Gasteiger partial charge in [0.1, 0.15) is 0 Å². The molecular formula is C16H27NO2S. The van der Waals surface area contributed by atoms with Crippen LogP contribution >= 0.6 is 0 Å². The lowest BCUT2D eigenvalue weighted by atomic mass is 10.2. The van der Waals surface area contributed by atoms with Crippen LogP contribution in [-0.2, 0) is 15.6 Å². The molecule has 0 spiro atoms. The molecule has 1 rings (SSSR count). The van der Waals surface area contributed by atoms with E-state index in [1.807, 2.05) is 31.2 Å². The molecule has 114 valence electrons. The Labute approximate surface area is 123 Å². The van der Waals surface area contributed by atoms with E-state index in [1.54, 1.807) is 0 Å². The molecule has 0 saturated heterocycles. The lowest BCUT2D eigenvalue weighted by Gasteiger charge is -2.13. The molecule has 3 nitrogen and oxygen atoms in total. The molecule has 1 aromatic carbocycles. The third kappa shape index (κ3) is 7.06. The Hall–Kier alpha value is -0.870. The molecule has 0 radical (unpaired) electrons. The molecule has 0 fully saturated rings. The van der Waals surface area contributed by atoms with Crippen molar-refractivity contribution >= 4 is 9.84 Å². The van der Waals surface area contributed by atoms with Gasteiger partial charge in [-0.2, -0.15) is 0 Å². The second kappa shape index (κ2) is 8.42. The second-order valence-corrected chi connectivity index (χ2v) is 7.76. The highest BCUT2D eigenvalue weighted by Crippen LogP contribution is 2.11. The molecule has 1 aromatic rings. The van der Waals surface area contributed by atoms with Crippen LogP contribution in [-0.4, -0.2) is 26.8 Å². The highest BCUT2D eigenvalue weighted by molar-refractivity contribution is 7.90. The van der Waals surface area contributed by atoms with E-state index in [2.05, 4.69) is 19.2 Å². The summed E-state index contributed by atoms with van der Waals surface area (Å²) in [4.78, 5) is 0. The number of sulfone groups is 1. The van der Waals surface area contributed by atoms with Crippen LogP contribution in [0.1, 0.15) is 44.2 Å². The van der Waals surface area contributed by atoms with E-state index in [1.165, 1.54) is 0 Å². The zero-order valence-corrected chi connectivity index (χ0v) is 13.7. The Balaban J connectivity index is 2.38.